The van der Waals surface area contributed by atoms with Gasteiger partial charge in [-0.3, -0.25) is 4.98 Å². The van der Waals surface area contributed by atoms with E-state index in [0.29, 0.717) is 17.3 Å². The van der Waals surface area contributed by atoms with E-state index in [1.54, 1.807) is 24.7 Å². The predicted molar refractivity (Wildman–Crippen MR) is 80.4 cm³/mol. The number of aryl methyl sites for hydroxylation is 1. The molecule has 3 aromatic rings. The molecule has 0 fully saturated rings. The largest absolute Gasteiger partial charge is 0.416 e. The summed E-state index contributed by atoms with van der Waals surface area (Å²) < 4.78 is 38.2. The van der Waals surface area contributed by atoms with Crippen molar-refractivity contribution >= 4 is 23.0 Å². The Morgan fingerprint density at radius 2 is 1.96 bits per heavy atom. The van der Waals surface area contributed by atoms with Crippen LogP contribution in [0.1, 0.15) is 11.3 Å². The van der Waals surface area contributed by atoms with Gasteiger partial charge in [-0.05, 0) is 19.1 Å². The molecule has 3 aromatic heterocycles. The highest BCUT2D eigenvalue weighted by molar-refractivity contribution is 7.13. The first kappa shape index (κ1) is 15.3. The van der Waals surface area contributed by atoms with Crippen LogP contribution in [0.3, 0.4) is 0 Å². The number of nitrogens with zero attached hydrogens (tertiary/aromatic N) is 4. The van der Waals surface area contributed by atoms with Crippen LogP contribution in [0.4, 0.5) is 24.8 Å². The molecule has 3 rings (SSSR count). The summed E-state index contributed by atoms with van der Waals surface area (Å²) in [5.41, 5.74) is 1.56. The number of anilines is 2. The SMILES string of the molecule is Cc1cc(Nc2cc(C(F)(F)F)ccn2)nc(-c2cncs2)n1. The average molecular weight is 337 g/mol. The minimum absolute atomic E-state index is 0.0631. The molecule has 23 heavy (non-hydrogen) atoms. The maximum atomic E-state index is 12.7. The van der Waals surface area contributed by atoms with Gasteiger partial charge in [-0.25, -0.2) is 15.0 Å². The van der Waals surface area contributed by atoms with E-state index < -0.39 is 11.7 Å². The van der Waals surface area contributed by atoms with Crippen LogP contribution in [0.25, 0.3) is 10.7 Å². The van der Waals surface area contributed by atoms with Gasteiger partial charge in [-0.1, -0.05) is 0 Å². The Balaban J connectivity index is 1.92. The van der Waals surface area contributed by atoms with Gasteiger partial charge in [-0.2, -0.15) is 13.2 Å². The van der Waals surface area contributed by atoms with Gasteiger partial charge in [-0.15, -0.1) is 11.3 Å². The zero-order chi connectivity index (χ0) is 16.4. The van der Waals surface area contributed by atoms with Crippen molar-refractivity contribution in [3.63, 3.8) is 0 Å². The molecule has 0 aliphatic heterocycles. The van der Waals surface area contributed by atoms with E-state index in [9.17, 15) is 13.2 Å². The summed E-state index contributed by atoms with van der Waals surface area (Å²) in [4.78, 5) is 17.2. The summed E-state index contributed by atoms with van der Waals surface area (Å²) in [5, 5.41) is 2.78. The number of halogens is 3. The third-order valence-electron chi connectivity index (χ3n) is 2.85. The van der Waals surface area contributed by atoms with Crippen molar-refractivity contribution in [1.29, 1.82) is 0 Å². The summed E-state index contributed by atoms with van der Waals surface area (Å²) in [6.45, 7) is 1.77. The van der Waals surface area contributed by atoms with Gasteiger partial charge >= 0.3 is 6.18 Å². The Hall–Kier alpha value is -2.55. The second kappa shape index (κ2) is 5.92. The fraction of sp³-hybridized carbons (Fsp3) is 0.143. The van der Waals surface area contributed by atoms with Gasteiger partial charge in [0, 0.05) is 24.2 Å². The maximum Gasteiger partial charge on any atom is 0.416 e. The molecule has 3 heterocycles. The number of thiazole rings is 1. The molecule has 5 nitrogen and oxygen atoms in total. The van der Waals surface area contributed by atoms with Gasteiger partial charge < -0.3 is 5.32 Å². The molecule has 0 saturated heterocycles. The van der Waals surface area contributed by atoms with Crippen LogP contribution in [-0.4, -0.2) is 19.9 Å². The molecule has 0 saturated carbocycles. The minimum atomic E-state index is -4.42. The summed E-state index contributed by atoms with van der Waals surface area (Å²) in [6.07, 6.45) is -1.69. The molecular weight excluding hydrogens is 327 g/mol. The third kappa shape index (κ3) is 3.62. The van der Waals surface area contributed by atoms with Gasteiger partial charge in [0.15, 0.2) is 5.82 Å². The van der Waals surface area contributed by atoms with Crippen LogP contribution in [-0.2, 0) is 6.18 Å². The van der Waals surface area contributed by atoms with E-state index >= 15 is 0 Å². The molecule has 0 bridgehead atoms. The molecule has 0 spiro atoms. The second-order valence-electron chi connectivity index (χ2n) is 4.64. The first-order valence-electron chi connectivity index (χ1n) is 6.46. The first-order chi connectivity index (χ1) is 10.9. The lowest BCUT2D eigenvalue weighted by Crippen LogP contribution is -2.06. The summed E-state index contributed by atoms with van der Waals surface area (Å²) in [7, 11) is 0. The van der Waals surface area contributed by atoms with E-state index in [-0.39, 0.29) is 5.82 Å². The Bertz CT molecular complexity index is 818. The van der Waals surface area contributed by atoms with E-state index in [4.69, 9.17) is 0 Å². The Morgan fingerprint density at radius 3 is 2.65 bits per heavy atom. The lowest BCUT2D eigenvalue weighted by atomic mass is 10.2. The Morgan fingerprint density at radius 1 is 1.13 bits per heavy atom. The monoisotopic (exact) mass is 337 g/mol. The quantitative estimate of drug-likeness (QED) is 0.781. The van der Waals surface area contributed by atoms with Gasteiger partial charge in [0.2, 0.25) is 0 Å². The zero-order valence-corrected chi connectivity index (χ0v) is 12.6. The van der Waals surface area contributed by atoms with Crippen LogP contribution in [0, 0.1) is 6.92 Å². The highest BCUT2D eigenvalue weighted by Crippen LogP contribution is 2.30. The van der Waals surface area contributed by atoms with Crippen molar-refractivity contribution in [2.75, 3.05) is 5.32 Å². The van der Waals surface area contributed by atoms with Crippen molar-refractivity contribution in [2.24, 2.45) is 0 Å². The lowest BCUT2D eigenvalue weighted by molar-refractivity contribution is -0.137. The Labute approximate surface area is 133 Å². The number of aromatic nitrogens is 4. The molecule has 0 aliphatic carbocycles. The molecule has 118 valence electrons. The van der Waals surface area contributed by atoms with E-state index in [1.807, 2.05) is 0 Å². The molecular formula is C14H10F3N5S. The number of hydrogen-bond donors (Lipinski definition) is 1. The molecule has 0 atom stereocenters. The summed E-state index contributed by atoms with van der Waals surface area (Å²) in [6, 6.07) is 3.48. The molecule has 1 N–H and O–H groups in total. The molecule has 9 heteroatoms. The Kier molecular flexibility index (Phi) is 3.95. The molecule has 0 amide bonds. The number of hydrogen-bond acceptors (Lipinski definition) is 6. The summed E-state index contributed by atoms with van der Waals surface area (Å²) in [5.74, 6) is 0.892. The summed E-state index contributed by atoms with van der Waals surface area (Å²) >= 11 is 1.38. The van der Waals surface area contributed by atoms with Gasteiger partial charge in [0.05, 0.1) is 16.0 Å². The highest BCUT2D eigenvalue weighted by Gasteiger charge is 2.30. The number of pyridine rings is 1. The number of rotatable bonds is 3. The third-order valence-corrected chi connectivity index (χ3v) is 3.62. The van der Waals surface area contributed by atoms with Crippen LogP contribution in [0.15, 0.2) is 36.1 Å². The van der Waals surface area contributed by atoms with Crippen LogP contribution in [0.5, 0.6) is 0 Å². The first-order valence-corrected chi connectivity index (χ1v) is 7.34. The van der Waals surface area contributed by atoms with Crippen molar-refractivity contribution in [3.8, 4) is 10.7 Å². The molecule has 0 aromatic carbocycles. The van der Waals surface area contributed by atoms with Crippen molar-refractivity contribution in [1.82, 2.24) is 19.9 Å². The van der Waals surface area contributed by atoms with Gasteiger partial charge in [0.25, 0.3) is 0 Å². The van der Waals surface area contributed by atoms with Crippen molar-refractivity contribution < 1.29 is 13.2 Å². The van der Waals surface area contributed by atoms with E-state index in [2.05, 4.69) is 25.3 Å². The average Bonchev–Trinajstić information content (AvgIpc) is 3.00. The smallest absolute Gasteiger partial charge is 0.325 e. The van der Waals surface area contributed by atoms with Crippen LogP contribution >= 0.6 is 11.3 Å². The molecule has 0 radical (unpaired) electrons. The normalized spacial score (nSPS) is 11.5. The topological polar surface area (TPSA) is 63.6 Å². The highest BCUT2D eigenvalue weighted by atomic mass is 32.1. The van der Waals surface area contributed by atoms with E-state index in [0.717, 1.165) is 23.2 Å². The van der Waals surface area contributed by atoms with Crippen molar-refractivity contribution in [2.45, 2.75) is 13.1 Å². The fourth-order valence-electron chi connectivity index (χ4n) is 1.88. The minimum Gasteiger partial charge on any atom is -0.325 e. The van der Waals surface area contributed by atoms with Crippen LogP contribution in [0.2, 0.25) is 0 Å². The zero-order valence-electron chi connectivity index (χ0n) is 11.8. The molecule has 0 unspecified atom stereocenters. The number of nitrogens with one attached hydrogen (secondary N) is 1. The standard InChI is InChI=1S/C14H10F3N5S/c1-8-4-12(22-13(20-8)10-6-18-7-23-10)21-11-5-9(2-3-19-11)14(15,16)17/h2-7H,1H3,(H,19,20,21,22). The second-order valence-corrected chi connectivity index (χ2v) is 5.52. The lowest BCUT2D eigenvalue weighted by Gasteiger charge is -2.10. The predicted octanol–water partition coefficient (Wildman–Crippen LogP) is 4.07. The van der Waals surface area contributed by atoms with Crippen LogP contribution < -0.4 is 5.32 Å². The van der Waals surface area contributed by atoms with Crippen molar-refractivity contribution in [3.05, 3.63) is 47.4 Å². The maximum absolute atomic E-state index is 12.7. The van der Waals surface area contributed by atoms with Gasteiger partial charge in [0.1, 0.15) is 11.6 Å². The number of alkyl halides is 3. The van der Waals surface area contributed by atoms with E-state index in [1.165, 1.54) is 11.3 Å². The fourth-order valence-corrected chi connectivity index (χ4v) is 2.43. The molecule has 0 aliphatic rings.